The van der Waals surface area contributed by atoms with Crippen molar-refractivity contribution in [3.8, 4) is 0 Å². The van der Waals surface area contributed by atoms with Gasteiger partial charge in [-0.25, -0.2) is 8.42 Å². The van der Waals surface area contributed by atoms with Crippen LogP contribution in [0.2, 0.25) is 0 Å². The summed E-state index contributed by atoms with van der Waals surface area (Å²) in [6, 6.07) is 0.0116. The predicted molar refractivity (Wildman–Crippen MR) is 61.2 cm³/mol. The second-order valence-electron chi connectivity index (χ2n) is 4.85. The highest BCUT2D eigenvalue weighted by molar-refractivity contribution is 7.92. The van der Waals surface area contributed by atoms with Gasteiger partial charge in [0.25, 0.3) is 0 Å². The largest absolute Gasteiger partial charge is 0.315 e. The zero-order chi connectivity index (χ0) is 11.6. The van der Waals surface area contributed by atoms with Crippen LogP contribution in [0.5, 0.6) is 0 Å². The fourth-order valence-electron chi connectivity index (χ4n) is 1.48. The summed E-state index contributed by atoms with van der Waals surface area (Å²) in [7, 11) is -1.20. The van der Waals surface area contributed by atoms with E-state index in [0.29, 0.717) is 5.92 Å². The van der Waals surface area contributed by atoms with E-state index in [1.165, 1.54) is 6.26 Å². The lowest BCUT2D eigenvalue weighted by atomic mass is 9.94. The van der Waals surface area contributed by atoms with E-state index in [1.54, 1.807) is 13.8 Å². The van der Waals surface area contributed by atoms with Crippen LogP contribution in [0.3, 0.4) is 0 Å². The van der Waals surface area contributed by atoms with E-state index in [4.69, 9.17) is 0 Å². The van der Waals surface area contributed by atoms with Gasteiger partial charge >= 0.3 is 0 Å². The molecule has 86 valence electrons. The molecule has 0 saturated heterocycles. The van der Waals surface area contributed by atoms with Crippen molar-refractivity contribution in [3.05, 3.63) is 0 Å². The highest BCUT2D eigenvalue weighted by atomic mass is 32.2. The maximum absolute atomic E-state index is 11.6. The molecule has 0 spiro atoms. The molecule has 0 aliphatic rings. The van der Waals surface area contributed by atoms with Crippen molar-refractivity contribution in [2.75, 3.05) is 13.3 Å². The first kappa shape index (κ1) is 13.9. The first-order valence-corrected chi connectivity index (χ1v) is 6.89. The average molecular weight is 221 g/mol. The molecule has 0 heterocycles. The van der Waals surface area contributed by atoms with Crippen molar-refractivity contribution in [1.82, 2.24) is 5.32 Å². The van der Waals surface area contributed by atoms with E-state index in [2.05, 4.69) is 19.2 Å². The number of sulfone groups is 1. The number of hydrogen-bond donors (Lipinski definition) is 1. The van der Waals surface area contributed by atoms with Crippen molar-refractivity contribution >= 4 is 9.84 Å². The second kappa shape index (κ2) is 4.62. The Labute approximate surface area is 88.2 Å². The quantitative estimate of drug-likeness (QED) is 0.764. The molecule has 0 aliphatic heterocycles. The summed E-state index contributed by atoms with van der Waals surface area (Å²) in [4.78, 5) is 0. The standard InChI is InChI=1S/C10H23NO2S/c1-8(2)7-9(11-5)10(3,4)14(6,12)13/h8-9,11H,7H2,1-6H3. The number of hydrogen-bond acceptors (Lipinski definition) is 3. The van der Waals surface area contributed by atoms with Gasteiger partial charge in [-0.1, -0.05) is 13.8 Å². The molecule has 14 heavy (non-hydrogen) atoms. The monoisotopic (exact) mass is 221 g/mol. The second-order valence-corrected chi connectivity index (χ2v) is 7.44. The Morgan fingerprint density at radius 2 is 1.71 bits per heavy atom. The van der Waals surface area contributed by atoms with E-state index in [0.717, 1.165) is 6.42 Å². The van der Waals surface area contributed by atoms with Crippen LogP contribution in [0, 0.1) is 5.92 Å². The van der Waals surface area contributed by atoms with Crippen molar-refractivity contribution in [2.24, 2.45) is 5.92 Å². The molecule has 1 unspecified atom stereocenters. The van der Waals surface area contributed by atoms with E-state index in [-0.39, 0.29) is 6.04 Å². The van der Waals surface area contributed by atoms with Gasteiger partial charge in [0.2, 0.25) is 0 Å². The molecule has 4 heteroatoms. The third kappa shape index (κ3) is 3.24. The fourth-order valence-corrected chi connectivity index (χ4v) is 2.21. The van der Waals surface area contributed by atoms with E-state index in [9.17, 15) is 8.42 Å². The molecule has 0 radical (unpaired) electrons. The first-order valence-electron chi connectivity index (χ1n) is 4.99. The molecule has 0 aromatic heterocycles. The predicted octanol–water partition coefficient (Wildman–Crippen LogP) is 1.44. The zero-order valence-corrected chi connectivity index (χ0v) is 10.9. The van der Waals surface area contributed by atoms with E-state index in [1.807, 2.05) is 7.05 Å². The summed E-state index contributed by atoms with van der Waals surface area (Å²) in [5.41, 5.74) is 0. The lowest BCUT2D eigenvalue weighted by Crippen LogP contribution is -2.50. The minimum absolute atomic E-state index is 0.0116. The van der Waals surface area contributed by atoms with E-state index >= 15 is 0 Å². The van der Waals surface area contributed by atoms with Crippen LogP contribution < -0.4 is 5.32 Å². The summed E-state index contributed by atoms with van der Waals surface area (Å²) in [6.45, 7) is 7.77. The number of rotatable bonds is 5. The van der Waals surface area contributed by atoms with Crippen molar-refractivity contribution in [2.45, 2.75) is 44.9 Å². The summed E-state index contributed by atoms with van der Waals surface area (Å²) in [5.74, 6) is 0.494. The molecule has 0 rings (SSSR count). The normalized spacial score (nSPS) is 15.9. The maximum Gasteiger partial charge on any atom is 0.154 e. The highest BCUT2D eigenvalue weighted by Crippen LogP contribution is 2.24. The molecule has 1 atom stereocenters. The third-order valence-corrected chi connectivity index (χ3v) is 5.05. The van der Waals surface area contributed by atoms with Gasteiger partial charge in [-0.05, 0) is 33.2 Å². The summed E-state index contributed by atoms with van der Waals surface area (Å²) in [6.07, 6.45) is 2.17. The van der Waals surface area contributed by atoms with Crippen LogP contribution in [-0.4, -0.2) is 32.5 Å². The third-order valence-electron chi connectivity index (χ3n) is 2.85. The molecular weight excluding hydrogens is 198 g/mol. The number of nitrogens with one attached hydrogen (secondary N) is 1. The Balaban J connectivity index is 4.84. The molecule has 0 bridgehead atoms. The van der Waals surface area contributed by atoms with Crippen LogP contribution in [-0.2, 0) is 9.84 Å². The van der Waals surface area contributed by atoms with Crippen molar-refractivity contribution in [3.63, 3.8) is 0 Å². The van der Waals surface area contributed by atoms with Gasteiger partial charge in [0, 0.05) is 12.3 Å². The molecule has 3 nitrogen and oxygen atoms in total. The molecule has 0 saturated carbocycles. The van der Waals surface area contributed by atoms with Crippen molar-refractivity contribution in [1.29, 1.82) is 0 Å². The lowest BCUT2D eigenvalue weighted by molar-refractivity contribution is 0.368. The Kier molecular flexibility index (Phi) is 4.59. The fraction of sp³-hybridized carbons (Fsp3) is 1.00. The van der Waals surface area contributed by atoms with Gasteiger partial charge in [0.05, 0.1) is 4.75 Å². The Hall–Kier alpha value is -0.0900. The van der Waals surface area contributed by atoms with Gasteiger partial charge in [-0.3, -0.25) is 0 Å². The lowest BCUT2D eigenvalue weighted by Gasteiger charge is -2.33. The topological polar surface area (TPSA) is 46.2 Å². The molecule has 0 aliphatic carbocycles. The van der Waals surface area contributed by atoms with Gasteiger partial charge in [-0.15, -0.1) is 0 Å². The van der Waals surface area contributed by atoms with Gasteiger partial charge in [-0.2, -0.15) is 0 Å². The van der Waals surface area contributed by atoms with Crippen LogP contribution in [0.15, 0.2) is 0 Å². The van der Waals surface area contributed by atoms with E-state index < -0.39 is 14.6 Å². The Morgan fingerprint density at radius 3 is 1.93 bits per heavy atom. The Morgan fingerprint density at radius 1 is 1.29 bits per heavy atom. The van der Waals surface area contributed by atoms with Gasteiger partial charge in [0.1, 0.15) is 0 Å². The Bertz CT molecular complexity index is 268. The minimum Gasteiger partial charge on any atom is -0.315 e. The molecule has 1 N–H and O–H groups in total. The van der Waals surface area contributed by atoms with Crippen LogP contribution in [0.1, 0.15) is 34.1 Å². The SMILES string of the molecule is CNC(CC(C)C)C(C)(C)S(C)(=O)=O. The van der Waals surface area contributed by atoms with Gasteiger partial charge < -0.3 is 5.32 Å². The molecule has 0 amide bonds. The molecule has 0 aromatic rings. The molecule has 0 fully saturated rings. The smallest absolute Gasteiger partial charge is 0.154 e. The summed E-state index contributed by atoms with van der Waals surface area (Å²) < 4.78 is 22.5. The summed E-state index contributed by atoms with van der Waals surface area (Å²) >= 11 is 0. The maximum atomic E-state index is 11.6. The van der Waals surface area contributed by atoms with Gasteiger partial charge in [0.15, 0.2) is 9.84 Å². The summed E-state index contributed by atoms with van der Waals surface area (Å²) in [5, 5.41) is 3.10. The van der Waals surface area contributed by atoms with Crippen LogP contribution in [0.4, 0.5) is 0 Å². The van der Waals surface area contributed by atoms with Crippen molar-refractivity contribution < 1.29 is 8.42 Å². The minimum atomic E-state index is -3.02. The average Bonchev–Trinajstić information content (AvgIpc) is 1.97. The van der Waals surface area contributed by atoms with Crippen LogP contribution >= 0.6 is 0 Å². The zero-order valence-electron chi connectivity index (χ0n) is 10.1. The van der Waals surface area contributed by atoms with Crippen LogP contribution in [0.25, 0.3) is 0 Å². The molecular formula is C10H23NO2S. The first-order chi connectivity index (χ1) is 6.13. The molecule has 0 aromatic carbocycles. The highest BCUT2D eigenvalue weighted by Gasteiger charge is 2.38.